The van der Waals surface area contributed by atoms with Crippen LogP contribution in [0.4, 0.5) is 5.69 Å². The van der Waals surface area contributed by atoms with Crippen molar-refractivity contribution in [2.24, 2.45) is 5.73 Å². The van der Waals surface area contributed by atoms with Crippen LogP contribution in [-0.2, 0) is 21.4 Å². The standard InChI is InChI=1S/C14H18N2O3/c1-16-11-3-2-10(4-9(11)5-13(16)18)14(7-19-8-14)12(15)6-17/h2-4,12,17H,5-8,15H2,1H3. The van der Waals surface area contributed by atoms with Crippen LogP contribution in [0.5, 0.6) is 0 Å². The Kier molecular flexibility index (Phi) is 2.85. The molecule has 3 N–H and O–H groups in total. The number of benzene rings is 1. The zero-order valence-corrected chi connectivity index (χ0v) is 10.9. The first-order valence-electron chi connectivity index (χ1n) is 6.42. The molecule has 102 valence electrons. The molecule has 0 spiro atoms. The molecule has 1 saturated heterocycles. The molecule has 3 rings (SSSR count). The van der Waals surface area contributed by atoms with E-state index in [4.69, 9.17) is 10.5 Å². The highest BCUT2D eigenvalue weighted by molar-refractivity contribution is 6.00. The van der Waals surface area contributed by atoms with Crippen LogP contribution in [0.2, 0.25) is 0 Å². The Morgan fingerprint density at radius 3 is 2.84 bits per heavy atom. The van der Waals surface area contributed by atoms with Crippen molar-refractivity contribution in [3.63, 3.8) is 0 Å². The number of aliphatic hydroxyl groups excluding tert-OH is 1. The van der Waals surface area contributed by atoms with Crippen LogP contribution in [0.25, 0.3) is 0 Å². The first kappa shape index (κ1) is 12.6. The number of ether oxygens (including phenoxy) is 1. The lowest BCUT2D eigenvalue weighted by molar-refractivity contribution is -0.117. The number of amides is 1. The lowest BCUT2D eigenvalue weighted by atomic mass is 9.72. The summed E-state index contributed by atoms with van der Waals surface area (Å²) >= 11 is 0. The molecule has 0 bridgehead atoms. The summed E-state index contributed by atoms with van der Waals surface area (Å²) in [4.78, 5) is 13.4. The number of carbonyl (C=O) groups is 1. The van der Waals surface area contributed by atoms with Gasteiger partial charge in [0.15, 0.2) is 0 Å². The van der Waals surface area contributed by atoms with E-state index >= 15 is 0 Å². The molecule has 1 aromatic rings. The Morgan fingerprint density at radius 2 is 2.26 bits per heavy atom. The second kappa shape index (κ2) is 4.30. The fraction of sp³-hybridized carbons (Fsp3) is 0.500. The van der Waals surface area contributed by atoms with Crippen molar-refractivity contribution >= 4 is 11.6 Å². The largest absolute Gasteiger partial charge is 0.395 e. The first-order valence-corrected chi connectivity index (χ1v) is 6.42. The van der Waals surface area contributed by atoms with Crippen LogP contribution in [0.15, 0.2) is 18.2 Å². The summed E-state index contributed by atoms with van der Waals surface area (Å²) in [5.74, 6) is 0.109. The van der Waals surface area contributed by atoms with Crippen molar-refractivity contribution in [1.82, 2.24) is 0 Å². The first-order chi connectivity index (χ1) is 9.08. The van der Waals surface area contributed by atoms with E-state index in [-0.39, 0.29) is 24.0 Å². The highest BCUT2D eigenvalue weighted by atomic mass is 16.5. The number of rotatable bonds is 3. The maximum Gasteiger partial charge on any atom is 0.231 e. The molecule has 5 heteroatoms. The number of aliphatic hydroxyl groups is 1. The maximum absolute atomic E-state index is 11.7. The molecule has 1 aromatic carbocycles. The molecular formula is C14H18N2O3. The normalized spacial score (nSPS) is 22.1. The number of nitrogens with zero attached hydrogens (tertiary/aromatic N) is 1. The Morgan fingerprint density at radius 1 is 1.53 bits per heavy atom. The predicted octanol–water partition coefficient (Wildman–Crippen LogP) is -0.207. The molecule has 1 fully saturated rings. The Bertz CT molecular complexity index is 525. The van der Waals surface area contributed by atoms with Crippen LogP contribution < -0.4 is 10.6 Å². The van der Waals surface area contributed by atoms with Crippen molar-refractivity contribution in [3.05, 3.63) is 29.3 Å². The van der Waals surface area contributed by atoms with Crippen LogP contribution in [0, 0.1) is 0 Å². The van der Waals surface area contributed by atoms with E-state index in [9.17, 15) is 9.90 Å². The summed E-state index contributed by atoms with van der Waals surface area (Å²) in [6.07, 6.45) is 0.435. The van der Waals surface area contributed by atoms with Gasteiger partial charge in [0, 0.05) is 18.8 Å². The van der Waals surface area contributed by atoms with E-state index in [0.29, 0.717) is 19.6 Å². The number of nitrogens with two attached hydrogens (primary N) is 1. The van der Waals surface area contributed by atoms with Crippen molar-refractivity contribution in [3.8, 4) is 0 Å². The van der Waals surface area contributed by atoms with Crippen molar-refractivity contribution in [1.29, 1.82) is 0 Å². The quantitative estimate of drug-likeness (QED) is 0.790. The van der Waals surface area contributed by atoms with Crippen LogP contribution in [-0.4, -0.2) is 43.9 Å². The molecule has 2 heterocycles. The highest BCUT2D eigenvalue weighted by Crippen LogP contribution is 2.38. The van der Waals surface area contributed by atoms with Gasteiger partial charge in [-0.15, -0.1) is 0 Å². The van der Waals surface area contributed by atoms with E-state index in [1.165, 1.54) is 0 Å². The van der Waals surface area contributed by atoms with Gasteiger partial charge < -0.3 is 20.5 Å². The molecule has 1 amide bonds. The lowest BCUT2D eigenvalue weighted by Crippen LogP contribution is -2.60. The summed E-state index contributed by atoms with van der Waals surface area (Å²) in [6, 6.07) is 5.65. The highest BCUT2D eigenvalue weighted by Gasteiger charge is 2.46. The average Bonchev–Trinajstić information content (AvgIpc) is 2.63. The second-order valence-electron chi connectivity index (χ2n) is 5.41. The third-order valence-corrected chi connectivity index (χ3v) is 4.36. The van der Waals surface area contributed by atoms with E-state index in [1.807, 2.05) is 18.2 Å². The second-order valence-corrected chi connectivity index (χ2v) is 5.41. The molecule has 0 aliphatic carbocycles. The Balaban J connectivity index is 1.99. The van der Waals surface area contributed by atoms with Gasteiger partial charge in [0.2, 0.25) is 5.91 Å². The van der Waals surface area contributed by atoms with Gasteiger partial charge in [0.05, 0.1) is 31.7 Å². The van der Waals surface area contributed by atoms with Gasteiger partial charge in [0.1, 0.15) is 0 Å². The molecule has 0 aromatic heterocycles. The molecule has 1 atom stereocenters. The van der Waals surface area contributed by atoms with Gasteiger partial charge in [-0.1, -0.05) is 12.1 Å². The third-order valence-electron chi connectivity index (χ3n) is 4.36. The SMILES string of the molecule is CN1C(=O)Cc2cc(C3(C(N)CO)COC3)ccc21. The number of hydrogen-bond donors (Lipinski definition) is 2. The van der Waals surface area contributed by atoms with Gasteiger partial charge in [0.25, 0.3) is 0 Å². The zero-order valence-electron chi connectivity index (χ0n) is 10.9. The van der Waals surface area contributed by atoms with Gasteiger partial charge in [-0.3, -0.25) is 4.79 Å². The summed E-state index contributed by atoms with van der Waals surface area (Å²) in [5.41, 5.74) is 8.77. The van der Waals surface area contributed by atoms with Gasteiger partial charge in [-0.2, -0.15) is 0 Å². The maximum atomic E-state index is 11.7. The number of anilines is 1. The zero-order chi connectivity index (χ0) is 13.6. The smallest absolute Gasteiger partial charge is 0.231 e. The molecule has 2 aliphatic heterocycles. The number of hydrogen-bond acceptors (Lipinski definition) is 4. The molecule has 19 heavy (non-hydrogen) atoms. The monoisotopic (exact) mass is 262 g/mol. The predicted molar refractivity (Wildman–Crippen MR) is 71.1 cm³/mol. The van der Waals surface area contributed by atoms with Gasteiger partial charge in [-0.05, 0) is 17.2 Å². The summed E-state index contributed by atoms with van der Waals surface area (Å²) in [5, 5.41) is 9.33. The van der Waals surface area contributed by atoms with E-state index in [2.05, 4.69) is 0 Å². The molecule has 0 saturated carbocycles. The van der Waals surface area contributed by atoms with Gasteiger partial charge >= 0.3 is 0 Å². The molecule has 2 aliphatic rings. The molecule has 0 radical (unpaired) electrons. The van der Waals surface area contributed by atoms with E-state index in [1.54, 1.807) is 11.9 Å². The molecular weight excluding hydrogens is 244 g/mol. The minimum absolute atomic E-state index is 0.0702. The van der Waals surface area contributed by atoms with Gasteiger partial charge in [-0.25, -0.2) is 0 Å². The third kappa shape index (κ3) is 1.69. The summed E-state index contributed by atoms with van der Waals surface area (Å²) in [7, 11) is 1.79. The minimum atomic E-state index is -0.339. The minimum Gasteiger partial charge on any atom is -0.395 e. The van der Waals surface area contributed by atoms with Crippen LogP contribution in [0.3, 0.4) is 0 Å². The Labute approximate surface area is 112 Å². The average molecular weight is 262 g/mol. The number of fused-ring (bicyclic) bond motifs is 1. The van der Waals surface area contributed by atoms with E-state index < -0.39 is 0 Å². The van der Waals surface area contributed by atoms with E-state index in [0.717, 1.165) is 16.8 Å². The molecule has 1 unspecified atom stereocenters. The van der Waals surface area contributed by atoms with Crippen LogP contribution >= 0.6 is 0 Å². The summed E-state index contributed by atoms with van der Waals surface area (Å²) < 4.78 is 5.31. The Hall–Kier alpha value is -1.43. The summed E-state index contributed by atoms with van der Waals surface area (Å²) in [6.45, 7) is 0.980. The fourth-order valence-electron chi connectivity index (χ4n) is 2.87. The number of likely N-dealkylation sites (N-methyl/N-ethyl adjacent to an activating group) is 1. The van der Waals surface area contributed by atoms with Crippen molar-refractivity contribution < 1.29 is 14.6 Å². The lowest BCUT2D eigenvalue weighted by Gasteiger charge is -2.45. The molecule has 5 nitrogen and oxygen atoms in total. The number of carbonyl (C=O) groups excluding carboxylic acids is 1. The topological polar surface area (TPSA) is 75.8 Å². The fourth-order valence-corrected chi connectivity index (χ4v) is 2.87. The van der Waals surface area contributed by atoms with Crippen LogP contribution in [0.1, 0.15) is 11.1 Å². The van der Waals surface area contributed by atoms with Crippen molar-refractivity contribution in [2.45, 2.75) is 17.9 Å². The van der Waals surface area contributed by atoms with Crippen molar-refractivity contribution in [2.75, 3.05) is 31.8 Å².